The number of methoxy groups -OCH3 is 1. The van der Waals surface area contributed by atoms with Crippen LogP contribution in [0.15, 0.2) is 72.8 Å². The highest BCUT2D eigenvalue weighted by atomic mass is 28.4. The molecule has 3 rings (SSSR count). The maximum atomic E-state index is 13.5. The zero-order valence-electron chi connectivity index (χ0n) is 24.2. The van der Waals surface area contributed by atoms with E-state index in [1.807, 2.05) is 64.1 Å². The molecule has 0 radical (unpaired) electrons. The summed E-state index contributed by atoms with van der Waals surface area (Å²) in [6, 6.07) is 20.7. The van der Waals surface area contributed by atoms with Crippen molar-refractivity contribution in [3.63, 3.8) is 0 Å². The molecule has 1 amide bonds. The molecule has 6 nitrogen and oxygen atoms in total. The van der Waals surface area contributed by atoms with Crippen LogP contribution in [0, 0.1) is 0 Å². The lowest BCUT2D eigenvalue weighted by molar-refractivity contribution is -0.153. The van der Waals surface area contributed by atoms with Crippen LogP contribution >= 0.6 is 0 Å². The molecule has 1 heterocycles. The first-order valence-electron chi connectivity index (χ1n) is 13.2. The van der Waals surface area contributed by atoms with Gasteiger partial charge < -0.3 is 13.9 Å². The van der Waals surface area contributed by atoms with Gasteiger partial charge in [-0.3, -0.25) is 4.90 Å². The molecule has 1 saturated heterocycles. The zero-order chi connectivity index (χ0) is 28.4. The molecule has 206 valence electrons. The van der Waals surface area contributed by atoms with E-state index in [-0.39, 0.29) is 24.4 Å². The van der Waals surface area contributed by atoms with Crippen molar-refractivity contribution in [1.29, 1.82) is 0 Å². The van der Waals surface area contributed by atoms with Gasteiger partial charge in [-0.15, -0.1) is 6.58 Å². The quantitative estimate of drug-likeness (QED) is 0.267. The highest BCUT2D eigenvalue weighted by molar-refractivity contribution is 6.99. The molecule has 0 aliphatic carbocycles. The van der Waals surface area contributed by atoms with Crippen molar-refractivity contribution < 1.29 is 23.5 Å². The van der Waals surface area contributed by atoms with Gasteiger partial charge in [0.1, 0.15) is 11.1 Å². The van der Waals surface area contributed by atoms with Gasteiger partial charge in [0.2, 0.25) is 0 Å². The number of hydrogen-bond donors (Lipinski definition) is 0. The van der Waals surface area contributed by atoms with E-state index in [2.05, 4.69) is 51.6 Å². The summed E-state index contributed by atoms with van der Waals surface area (Å²) in [5.41, 5.74) is -1.21. The molecule has 1 aliphatic rings. The average molecular weight is 538 g/mol. The maximum absolute atomic E-state index is 13.5. The van der Waals surface area contributed by atoms with Crippen molar-refractivity contribution in [3.05, 3.63) is 72.8 Å². The molecule has 0 bridgehead atoms. The fourth-order valence-electron chi connectivity index (χ4n) is 5.64. The summed E-state index contributed by atoms with van der Waals surface area (Å²) in [6.45, 7) is 18.2. The summed E-state index contributed by atoms with van der Waals surface area (Å²) in [7, 11) is -1.57. The highest BCUT2D eigenvalue weighted by Gasteiger charge is 2.59. The molecule has 0 saturated carbocycles. The predicted octanol–water partition coefficient (Wildman–Crippen LogP) is 5.45. The van der Waals surface area contributed by atoms with E-state index >= 15 is 0 Å². The molecule has 2 aromatic rings. The second-order valence-corrected chi connectivity index (χ2v) is 16.6. The molecule has 1 fully saturated rings. The van der Waals surface area contributed by atoms with Crippen molar-refractivity contribution in [2.24, 2.45) is 0 Å². The minimum atomic E-state index is -2.93. The van der Waals surface area contributed by atoms with Gasteiger partial charge in [-0.2, -0.15) is 0 Å². The maximum Gasteiger partial charge on any atom is 0.411 e. The SMILES string of the molecule is C=C(C)C[C@]1(C(=O)OC)C[C@@H](O[Si](c2ccccc2)(c2ccccc2)C(C)(C)C)CN1C(=O)OC(C)(C)C. The Kier molecular flexibility index (Phi) is 8.63. The number of nitrogens with zero attached hydrogens (tertiary/aromatic N) is 1. The van der Waals surface area contributed by atoms with Gasteiger partial charge in [0.25, 0.3) is 8.32 Å². The number of esters is 1. The second kappa shape index (κ2) is 11.1. The molecule has 0 aromatic heterocycles. The molecule has 0 spiro atoms. The summed E-state index contributed by atoms with van der Waals surface area (Å²) >= 11 is 0. The molecule has 38 heavy (non-hydrogen) atoms. The first-order valence-corrected chi connectivity index (χ1v) is 15.1. The number of amides is 1. The van der Waals surface area contributed by atoms with Crippen LogP contribution in [0.3, 0.4) is 0 Å². The fraction of sp³-hybridized carbons (Fsp3) is 0.484. The fourth-order valence-corrected chi connectivity index (χ4v) is 10.3. The summed E-state index contributed by atoms with van der Waals surface area (Å²) in [5.74, 6) is -0.486. The van der Waals surface area contributed by atoms with E-state index in [9.17, 15) is 9.59 Å². The summed E-state index contributed by atoms with van der Waals surface area (Å²) in [4.78, 5) is 28.5. The lowest BCUT2D eigenvalue weighted by atomic mass is 9.88. The van der Waals surface area contributed by atoms with E-state index in [0.29, 0.717) is 0 Å². The summed E-state index contributed by atoms with van der Waals surface area (Å²) in [5, 5.41) is 2.02. The molecular weight excluding hydrogens is 494 g/mol. The molecule has 0 unspecified atom stereocenters. The van der Waals surface area contributed by atoms with Gasteiger partial charge in [0.05, 0.1) is 19.8 Å². The second-order valence-electron chi connectivity index (χ2n) is 12.4. The Morgan fingerprint density at radius 3 is 1.87 bits per heavy atom. The normalized spacial score (nSPS) is 20.2. The molecule has 2 atom stereocenters. The molecule has 7 heteroatoms. The Balaban J connectivity index is 2.17. The molecule has 2 aromatic carbocycles. The summed E-state index contributed by atoms with van der Waals surface area (Å²) in [6.07, 6.45) is -0.430. The van der Waals surface area contributed by atoms with Crippen molar-refractivity contribution in [1.82, 2.24) is 4.90 Å². The van der Waals surface area contributed by atoms with Crippen LogP contribution in [0.1, 0.15) is 61.3 Å². The Labute approximate surface area is 229 Å². The Morgan fingerprint density at radius 1 is 0.974 bits per heavy atom. The number of likely N-dealkylation sites (tertiary alicyclic amines) is 1. The minimum absolute atomic E-state index is 0.210. The monoisotopic (exact) mass is 537 g/mol. The van der Waals surface area contributed by atoms with Crippen LogP contribution < -0.4 is 10.4 Å². The number of rotatable bonds is 7. The van der Waals surface area contributed by atoms with Crippen molar-refractivity contribution >= 4 is 30.8 Å². The predicted molar refractivity (Wildman–Crippen MR) is 154 cm³/mol. The van der Waals surface area contributed by atoms with Crippen molar-refractivity contribution in [2.45, 2.75) is 83.6 Å². The third-order valence-electron chi connectivity index (χ3n) is 7.00. The zero-order valence-corrected chi connectivity index (χ0v) is 25.2. The lowest BCUT2D eigenvalue weighted by Crippen LogP contribution is -2.67. The average Bonchev–Trinajstić information content (AvgIpc) is 3.19. The van der Waals surface area contributed by atoms with Gasteiger partial charge in [-0.05, 0) is 43.1 Å². The number of carbonyl (C=O) groups excluding carboxylic acids is 2. The third-order valence-corrected chi connectivity index (χ3v) is 12.1. The van der Waals surface area contributed by atoms with Crippen molar-refractivity contribution in [2.75, 3.05) is 13.7 Å². The van der Waals surface area contributed by atoms with E-state index in [4.69, 9.17) is 13.9 Å². The van der Waals surface area contributed by atoms with Crippen LogP contribution in [0.4, 0.5) is 4.79 Å². The van der Waals surface area contributed by atoms with E-state index in [0.717, 1.165) is 15.9 Å². The first-order chi connectivity index (χ1) is 17.7. The van der Waals surface area contributed by atoms with Crippen LogP contribution in [0.5, 0.6) is 0 Å². The number of carbonyl (C=O) groups is 2. The van der Waals surface area contributed by atoms with Crippen LogP contribution in [-0.2, 0) is 18.7 Å². The first kappa shape index (κ1) is 29.6. The molecular formula is C31H43NO5Si. The largest absolute Gasteiger partial charge is 0.467 e. The Hall–Kier alpha value is -2.90. The lowest BCUT2D eigenvalue weighted by Gasteiger charge is -2.44. The van der Waals surface area contributed by atoms with E-state index in [1.54, 1.807) is 0 Å². The van der Waals surface area contributed by atoms with Crippen molar-refractivity contribution in [3.8, 4) is 0 Å². The topological polar surface area (TPSA) is 65.1 Å². The summed E-state index contributed by atoms with van der Waals surface area (Å²) < 4.78 is 18.4. The van der Waals surface area contributed by atoms with Gasteiger partial charge in [-0.1, -0.05) is 87.0 Å². The van der Waals surface area contributed by atoms with Crippen LogP contribution in [0.2, 0.25) is 5.04 Å². The molecule has 1 aliphatic heterocycles. The highest BCUT2D eigenvalue weighted by Crippen LogP contribution is 2.43. The van der Waals surface area contributed by atoms with Gasteiger partial charge in [-0.25, -0.2) is 9.59 Å². The van der Waals surface area contributed by atoms with Crippen LogP contribution in [-0.4, -0.2) is 56.2 Å². The Bertz CT molecular complexity index is 1100. The molecule has 0 N–H and O–H groups in total. The van der Waals surface area contributed by atoms with E-state index < -0.39 is 37.6 Å². The smallest absolute Gasteiger partial charge is 0.411 e. The van der Waals surface area contributed by atoms with Gasteiger partial charge >= 0.3 is 12.1 Å². The standard InChI is InChI=1S/C31H43NO5Si/c1-23(2)20-31(27(33)35-9)21-24(22-32(31)28(34)36-29(3,4)5)37-38(30(6,7)8,25-16-12-10-13-17-25)26-18-14-11-15-19-26/h10-19,24H,1,20-22H2,2-9H3/t24-,31-/m1/s1. The Morgan fingerprint density at radius 2 is 1.47 bits per heavy atom. The van der Waals surface area contributed by atoms with Crippen LogP contribution in [0.25, 0.3) is 0 Å². The van der Waals surface area contributed by atoms with Gasteiger partial charge in [0.15, 0.2) is 0 Å². The van der Waals surface area contributed by atoms with E-state index in [1.165, 1.54) is 12.0 Å². The number of ether oxygens (including phenoxy) is 2. The third kappa shape index (κ3) is 5.89. The number of hydrogen-bond acceptors (Lipinski definition) is 5. The van der Waals surface area contributed by atoms with Gasteiger partial charge in [0, 0.05) is 12.8 Å². The number of benzene rings is 2. The minimum Gasteiger partial charge on any atom is -0.467 e.